The van der Waals surface area contributed by atoms with E-state index >= 15 is 0 Å². The molecule has 0 unspecified atom stereocenters. The van der Waals surface area contributed by atoms with Crippen LogP contribution in [0.2, 0.25) is 0 Å². The van der Waals surface area contributed by atoms with Crippen molar-refractivity contribution in [3.8, 4) is 0 Å². The Balaban J connectivity index is 2.50. The predicted octanol–water partition coefficient (Wildman–Crippen LogP) is 4.46. The maximum absolute atomic E-state index is 12.5. The zero-order valence-corrected chi connectivity index (χ0v) is 15.3. The standard InChI is InChI=1S/C19H32N4O/c1-4-5-6-7-8-9-10-14-22-19(24)23(18(20)21)17-15(2)12-11-13-16(17)3/h11-13H,4-10,14H2,1-3H3,(H3,20,21)(H,22,24). The highest BCUT2D eigenvalue weighted by atomic mass is 16.2. The number of amides is 2. The molecule has 1 aromatic carbocycles. The van der Waals surface area contributed by atoms with Crippen LogP contribution in [0.5, 0.6) is 0 Å². The molecule has 0 spiro atoms. The Bertz CT molecular complexity index is 522. The summed E-state index contributed by atoms with van der Waals surface area (Å²) in [6.45, 7) is 6.66. The molecule has 5 heteroatoms. The molecule has 1 rings (SSSR count). The topological polar surface area (TPSA) is 82.2 Å². The molecule has 1 aromatic rings. The van der Waals surface area contributed by atoms with E-state index in [1.807, 2.05) is 32.0 Å². The number of unbranched alkanes of at least 4 members (excludes halogenated alkanes) is 6. The van der Waals surface area contributed by atoms with Gasteiger partial charge in [0, 0.05) is 6.54 Å². The smallest absolute Gasteiger partial charge is 0.328 e. The fourth-order valence-corrected chi connectivity index (χ4v) is 2.85. The van der Waals surface area contributed by atoms with Crippen LogP contribution in [-0.4, -0.2) is 18.5 Å². The fraction of sp³-hybridized carbons (Fsp3) is 0.579. The Morgan fingerprint density at radius 2 is 1.62 bits per heavy atom. The lowest BCUT2D eigenvalue weighted by atomic mass is 10.1. The van der Waals surface area contributed by atoms with Crippen LogP contribution in [-0.2, 0) is 0 Å². The number of aryl methyl sites for hydroxylation is 2. The Labute approximate surface area is 146 Å². The highest BCUT2D eigenvalue weighted by Gasteiger charge is 2.21. The van der Waals surface area contributed by atoms with Crippen molar-refractivity contribution in [1.82, 2.24) is 5.32 Å². The van der Waals surface area contributed by atoms with Crippen LogP contribution in [0.4, 0.5) is 10.5 Å². The Morgan fingerprint density at radius 1 is 1.08 bits per heavy atom. The predicted molar refractivity (Wildman–Crippen MR) is 102 cm³/mol. The van der Waals surface area contributed by atoms with Gasteiger partial charge in [-0.05, 0) is 31.4 Å². The van der Waals surface area contributed by atoms with E-state index in [1.165, 1.54) is 37.0 Å². The lowest BCUT2D eigenvalue weighted by molar-refractivity contribution is 0.248. The lowest BCUT2D eigenvalue weighted by Crippen LogP contribution is -2.48. The van der Waals surface area contributed by atoms with Gasteiger partial charge in [-0.1, -0.05) is 63.6 Å². The molecule has 0 atom stereocenters. The average Bonchev–Trinajstić information content (AvgIpc) is 2.53. The van der Waals surface area contributed by atoms with E-state index in [1.54, 1.807) is 0 Å². The molecule has 24 heavy (non-hydrogen) atoms. The molecule has 0 radical (unpaired) electrons. The first-order valence-corrected chi connectivity index (χ1v) is 8.97. The van der Waals surface area contributed by atoms with Gasteiger partial charge >= 0.3 is 6.03 Å². The van der Waals surface area contributed by atoms with Crippen LogP contribution in [0.15, 0.2) is 18.2 Å². The highest BCUT2D eigenvalue weighted by Crippen LogP contribution is 2.24. The molecule has 0 fully saturated rings. The number of nitrogens with one attached hydrogen (secondary N) is 2. The zero-order chi connectivity index (χ0) is 17.9. The van der Waals surface area contributed by atoms with Crippen molar-refractivity contribution in [1.29, 1.82) is 5.41 Å². The number of hydrogen-bond acceptors (Lipinski definition) is 2. The molecule has 0 aromatic heterocycles. The Kier molecular flexibility index (Phi) is 8.90. The van der Waals surface area contributed by atoms with Crippen LogP contribution in [0, 0.1) is 19.3 Å². The fourth-order valence-electron chi connectivity index (χ4n) is 2.85. The van der Waals surface area contributed by atoms with E-state index in [9.17, 15) is 4.79 Å². The minimum atomic E-state index is -0.328. The summed E-state index contributed by atoms with van der Waals surface area (Å²) >= 11 is 0. The number of guanidine groups is 1. The highest BCUT2D eigenvalue weighted by molar-refractivity contribution is 6.14. The van der Waals surface area contributed by atoms with Crippen LogP contribution in [0.1, 0.15) is 63.0 Å². The van der Waals surface area contributed by atoms with Crippen LogP contribution in [0.25, 0.3) is 0 Å². The van der Waals surface area contributed by atoms with E-state index in [2.05, 4.69) is 12.2 Å². The van der Waals surface area contributed by atoms with Crippen LogP contribution >= 0.6 is 0 Å². The molecular weight excluding hydrogens is 300 g/mol. The van der Waals surface area contributed by atoms with Crippen molar-refractivity contribution in [2.75, 3.05) is 11.4 Å². The molecule has 0 heterocycles. The van der Waals surface area contributed by atoms with Gasteiger partial charge in [0.1, 0.15) is 0 Å². The minimum absolute atomic E-state index is 0.260. The summed E-state index contributed by atoms with van der Waals surface area (Å²) in [6.07, 6.45) is 8.42. The maximum Gasteiger partial charge on any atom is 0.328 e. The summed E-state index contributed by atoms with van der Waals surface area (Å²) in [5, 5.41) is 10.7. The van der Waals surface area contributed by atoms with Crippen molar-refractivity contribution in [2.24, 2.45) is 5.73 Å². The summed E-state index contributed by atoms with van der Waals surface area (Å²) in [5.74, 6) is -0.260. The number of rotatable bonds is 9. The molecule has 0 aliphatic heterocycles. The van der Waals surface area contributed by atoms with Gasteiger partial charge < -0.3 is 11.1 Å². The van der Waals surface area contributed by atoms with E-state index in [-0.39, 0.29) is 12.0 Å². The molecule has 0 saturated heterocycles. The number of carbonyl (C=O) groups excluding carboxylic acids is 1. The molecular formula is C19H32N4O. The number of carbonyl (C=O) groups is 1. The summed E-state index contributed by atoms with van der Waals surface area (Å²) < 4.78 is 0. The van der Waals surface area contributed by atoms with Crippen LogP contribution in [0.3, 0.4) is 0 Å². The second kappa shape index (κ2) is 10.7. The molecule has 0 aliphatic carbocycles. The van der Waals surface area contributed by atoms with E-state index in [4.69, 9.17) is 11.1 Å². The van der Waals surface area contributed by atoms with Crippen molar-refractivity contribution >= 4 is 17.7 Å². The summed E-state index contributed by atoms with van der Waals surface area (Å²) in [4.78, 5) is 13.7. The Hall–Kier alpha value is -2.04. The number of anilines is 1. The minimum Gasteiger partial charge on any atom is -0.369 e. The van der Waals surface area contributed by atoms with Gasteiger partial charge in [0.25, 0.3) is 0 Å². The number of urea groups is 1. The van der Waals surface area contributed by atoms with E-state index in [0.717, 1.165) is 24.0 Å². The third-order valence-electron chi connectivity index (χ3n) is 4.16. The summed E-state index contributed by atoms with van der Waals surface area (Å²) in [5.41, 5.74) is 8.20. The van der Waals surface area contributed by atoms with Gasteiger partial charge in [-0.15, -0.1) is 0 Å². The monoisotopic (exact) mass is 332 g/mol. The maximum atomic E-state index is 12.5. The zero-order valence-electron chi connectivity index (χ0n) is 15.3. The second-order valence-electron chi connectivity index (χ2n) is 6.31. The van der Waals surface area contributed by atoms with Gasteiger partial charge in [-0.25, -0.2) is 9.69 Å². The third kappa shape index (κ3) is 6.22. The second-order valence-corrected chi connectivity index (χ2v) is 6.31. The number of hydrogen-bond donors (Lipinski definition) is 3. The third-order valence-corrected chi connectivity index (χ3v) is 4.16. The lowest BCUT2D eigenvalue weighted by Gasteiger charge is -2.24. The van der Waals surface area contributed by atoms with Crippen molar-refractivity contribution in [3.63, 3.8) is 0 Å². The van der Waals surface area contributed by atoms with Gasteiger partial charge in [0.15, 0.2) is 0 Å². The van der Waals surface area contributed by atoms with Gasteiger partial charge in [-0.2, -0.15) is 0 Å². The van der Waals surface area contributed by atoms with Crippen molar-refractivity contribution < 1.29 is 4.79 Å². The quantitative estimate of drug-likeness (QED) is 0.354. The average molecular weight is 332 g/mol. The molecule has 0 aliphatic rings. The number of nitrogens with zero attached hydrogens (tertiary/aromatic N) is 1. The molecule has 0 bridgehead atoms. The molecule has 0 saturated carbocycles. The van der Waals surface area contributed by atoms with Gasteiger partial charge in [0.2, 0.25) is 5.96 Å². The normalized spacial score (nSPS) is 10.5. The molecule has 4 N–H and O–H groups in total. The summed E-state index contributed by atoms with van der Waals surface area (Å²) in [7, 11) is 0. The molecule has 2 amide bonds. The van der Waals surface area contributed by atoms with E-state index in [0.29, 0.717) is 12.2 Å². The van der Waals surface area contributed by atoms with Gasteiger partial charge in [0.05, 0.1) is 5.69 Å². The number of benzene rings is 1. The largest absolute Gasteiger partial charge is 0.369 e. The first-order chi connectivity index (χ1) is 11.5. The van der Waals surface area contributed by atoms with Crippen molar-refractivity contribution in [3.05, 3.63) is 29.3 Å². The van der Waals surface area contributed by atoms with Gasteiger partial charge in [-0.3, -0.25) is 5.41 Å². The first-order valence-electron chi connectivity index (χ1n) is 8.97. The molecule has 5 nitrogen and oxygen atoms in total. The molecule has 134 valence electrons. The number of nitrogens with two attached hydrogens (primary N) is 1. The SMILES string of the molecule is CCCCCCCCCNC(=O)N(C(=N)N)c1c(C)cccc1C. The van der Waals surface area contributed by atoms with Crippen LogP contribution < -0.4 is 16.0 Å². The number of para-hydroxylation sites is 1. The van der Waals surface area contributed by atoms with E-state index < -0.39 is 0 Å². The Morgan fingerprint density at radius 3 is 2.17 bits per heavy atom. The first kappa shape index (κ1) is 20.0. The summed E-state index contributed by atoms with van der Waals surface area (Å²) in [6, 6.07) is 5.44. The van der Waals surface area contributed by atoms with Crippen molar-refractivity contribution in [2.45, 2.75) is 65.7 Å².